The molecule has 1 unspecified atom stereocenters. The van der Waals surface area contributed by atoms with Crippen molar-refractivity contribution in [2.45, 2.75) is 18.9 Å². The molecule has 0 bridgehead atoms. The van der Waals surface area contributed by atoms with Crippen LogP contribution in [0.25, 0.3) is 0 Å². The van der Waals surface area contributed by atoms with Crippen molar-refractivity contribution in [3.8, 4) is 0 Å². The third-order valence-corrected chi connectivity index (χ3v) is 4.01. The van der Waals surface area contributed by atoms with E-state index in [1.807, 2.05) is 31.2 Å². The first kappa shape index (κ1) is 14.0. The molecule has 0 aliphatic carbocycles. The molecule has 1 N–H and O–H groups in total. The fourth-order valence-electron chi connectivity index (χ4n) is 2.15. The van der Waals surface area contributed by atoms with Crippen molar-refractivity contribution < 1.29 is 9.84 Å². The van der Waals surface area contributed by atoms with Gasteiger partial charge in [-0.3, -0.25) is 4.90 Å². The minimum atomic E-state index is -0.765. The molecule has 100 valence electrons. The van der Waals surface area contributed by atoms with Crippen molar-refractivity contribution in [2.75, 3.05) is 32.8 Å². The van der Waals surface area contributed by atoms with Crippen LogP contribution in [0.2, 0.25) is 0 Å². The van der Waals surface area contributed by atoms with Crippen LogP contribution in [0.3, 0.4) is 0 Å². The highest BCUT2D eigenvalue weighted by Gasteiger charge is 2.24. The normalized spacial score (nSPS) is 20.6. The molecular weight excluding hydrogens is 294 g/mol. The van der Waals surface area contributed by atoms with Crippen molar-refractivity contribution in [3.05, 3.63) is 34.3 Å². The Morgan fingerprint density at radius 2 is 1.89 bits per heavy atom. The molecule has 0 spiro atoms. The number of ether oxygens (including phenoxy) is 1. The Balaban J connectivity index is 1.91. The van der Waals surface area contributed by atoms with E-state index in [0.29, 0.717) is 0 Å². The van der Waals surface area contributed by atoms with Crippen molar-refractivity contribution in [3.63, 3.8) is 0 Å². The molecule has 1 aliphatic heterocycles. The number of rotatable bonds is 4. The summed E-state index contributed by atoms with van der Waals surface area (Å²) in [4.78, 5) is 2.34. The minimum absolute atomic E-state index is 0.745. The van der Waals surface area contributed by atoms with Gasteiger partial charge in [0, 0.05) is 24.1 Å². The highest BCUT2D eigenvalue weighted by atomic mass is 79.9. The van der Waals surface area contributed by atoms with Crippen molar-refractivity contribution >= 4 is 15.9 Å². The van der Waals surface area contributed by atoms with Gasteiger partial charge in [0.15, 0.2) is 0 Å². The lowest BCUT2D eigenvalue weighted by molar-refractivity contribution is 0.00548. The molecule has 1 atom stereocenters. The van der Waals surface area contributed by atoms with E-state index in [-0.39, 0.29) is 0 Å². The predicted molar refractivity (Wildman–Crippen MR) is 75.6 cm³/mol. The molecule has 4 heteroatoms. The monoisotopic (exact) mass is 313 g/mol. The number of aliphatic hydroxyl groups is 1. The zero-order valence-corrected chi connectivity index (χ0v) is 12.3. The largest absolute Gasteiger partial charge is 0.385 e. The minimum Gasteiger partial charge on any atom is -0.385 e. The molecule has 1 saturated heterocycles. The lowest BCUT2D eigenvalue weighted by Gasteiger charge is -2.31. The fraction of sp³-hybridized carbons (Fsp3) is 0.571. The second-order valence-corrected chi connectivity index (χ2v) is 5.90. The van der Waals surface area contributed by atoms with Crippen LogP contribution in [0.4, 0.5) is 0 Å². The molecule has 18 heavy (non-hydrogen) atoms. The molecule has 1 aromatic rings. The Kier molecular flexibility index (Phi) is 4.78. The Bertz CT molecular complexity index is 372. The molecular formula is C14H20BrNO2. The summed E-state index contributed by atoms with van der Waals surface area (Å²) >= 11 is 3.41. The van der Waals surface area contributed by atoms with Crippen LogP contribution >= 0.6 is 15.9 Å². The molecule has 0 amide bonds. The van der Waals surface area contributed by atoms with E-state index in [1.54, 1.807) is 0 Å². The van der Waals surface area contributed by atoms with Crippen LogP contribution in [0.5, 0.6) is 0 Å². The Morgan fingerprint density at radius 1 is 1.28 bits per heavy atom. The van der Waals surface area contributed by atoms with Crippen LogP contribution in [0, 0.1) is 0 Å². The number of halogens is 1. The number of nitrogens with zero attached hydrogens (tertiary/aromatic N) is 1. The van der Waals surface area contributed by atoms with Gasteiger partial charge in [-0.1, -0.05) is 28.1 Å². The van der Waals surface area contributed by atoms with E-state index in [4.69, 9.17) is 4.74 Å². The first-order chi connectivity index (χ1) is 8.58. The zero-order valence-electron chi connectivity index (χ0n) is 10.7. The zero-order chi connectivity index (χ0) is 13.0. The Labute approximate surface area is 117 Å². The second-order valence-electron chi connectivity index (χ2n) is 4.98. The van der Waals surface area contributed by atoms with Crippen LogP contribution < -0.4 is 0 Å². The van der Waals surface area contributed by atoms with Crippen molar-refractivity contribution in [1.82, 2.24) is 4.90 Å². The first-order valence-electron chi connectivity index (χ1n) is 6.36. The summed E-state index contributed by atoms with van der Waals surface area (Å²) < 4.78 is 6.36. The number of hydrogen-bond acceptors (Lipinski definition) is 3. The summed E-state index contributed by atoms with van der Waals surface area (Å²) in [5, 5.41) is 10.5. The molecule has 1 fully saturated rings. The van der Waals surface area contributed by atoms with Crippen LogP contribution in [-0.4, -0.2) is 42.9 Å². The highest BCUT2D eigenvalue weighted by Crippen LogP contribution is 2.26. The van der Waals surface area contributed by atoms with Gasteiger partial charge in [-0.2, -0.15) is 0 Å². The second kappa shape index (κ2) is 6.15. The van der Waals surface area contributed by atoms with E-state index >= 15 is 0 Å². The van der Waals surface area contributed by atoms with Crippen LogP contribution in [0.1, 0.15) is 18.9 Å². The third kappa shape index (κ3) is 3.79. The summed E-state index contributed by atoms with van der Waals surface area (Å²) in [7, 11) is 0. The van der Waals surface area contributed by atoms with Gasteiger partial charge in [0.1, 0.15) is 0 Å². The molecule has 0 radical (unpaired) electrons. The third-order valence-electron chi connectivity index (χ3n) is 3.48. The molecule has 2 rings (SSSR count). The van der Waals surface area contributed by atoms with Gasteiger partial charge < -0.3 is 9.84 Å². The predicted octanol–water partition coefficient (Wildman–Crippen LogP) is 2.38. The maximum absolute atomic E-state index is 10.5. The summed E-state index contributed by atoms with van der Waals surface area (Å²) in [5.41, 5.74) is 0.206. The van der Waals surface area contributed by atoms with E-state index in [9.17, 15) is 5.11 Å². The SMILES string of the molecule is CC(O)(CCN1CCOCC1)c1ccc(Br)cc1. The summed E-state index contributed by atoms with van der Waals surface area (Å²) in [6.45, 7) is 6.34. The summed E-state index contributed by atoms with van der Waals surface area (Å²) in [6.07, 6.45) is 0.745. The average molecular weight is 314 g/mol. The summed E-state index contributed by atoms with van der Waals surface area (Å²) in [5.74, 6) is 0. The molecule has 3 nitrogen and oxygen atoms in total. The topological polar surface area (TPSA) is 32.7 Å². The van der Waals surface area contributed by atoms with Gasteiger partial charge in [0.05, 0.1) is 18.8 Å². The number of hydrogen-bond donors (Lipinski definition) is 1. The van der Waals surface area contributed by atoms with Gasteiger partial charge >= 0.3 is 0 Å². The standard InChI is InChI=1S/C14H20BrNO2/c1-14(17,12-2-4-13(15)5-3-12)6-7-16-8-10-18-11-9-16/h2-5,17H,6-11H2,1H3. The fourth-order valence-corrected chi connectivity index (χ4v) is 2.42. The average Bonchev–Trinajstić information content (AvgIpc) is 2.38. The maximum Gasteiger partial charge on any atom is 0.0880 e. The van der Waals surface area contributed by atoms with Gasteiger partial charge in [0.25, 0.3) is 0 Å². The van der Waals surface area contributed by atoms with Crippen molar-refractivity contribution in [2.24, 2.45) is 0 Å². The number of benzene rings is 1. The first-order valence-corrected chi connectivity index (χ1v) is 7.16. The van der Waals surface area contributed by atoms with Gasteiger partial charge in [-0.05, 0) is 31.0 Å². The quantitative estimate of drug-likeness (QED) is 0.926. The Morgan fingerprint density at radius 3 is 2.50 bits per heavy atom. The molecule has 1 aromatic carbocycles. The van der Waals surface area contributed by atoms with E-state index in [2.05, 4.69) is 20.8 Å². The summed E-state index contributed by atoms with van der Waals surface area (Å²) in [6, 6.07) is 7.89. The van der Waals surface area contributed by atoms with Crippen LogP contribution in [-0.2, 0) is 10.3 Å². The Hall–Kier alpha value is -0.420. The lowest BCUT2D eigenvalue weighted by Crippen LogP contribution is -2.39. The van der Waals surface area contributed by atoms with E-state index in [0.717, 1.165) is 49.3 Å². The van der Waals surface area contributed by atoms with Gasteiger partial charge in [0.2, 0.25) is 0 Å². The van der Waals surface area contributed by atoms with E-state index < -0.39 is 5.60 Å². The van der Waals surface area contributed by atoms with Crippen molar-refractivity contribution in [1.29, 1.82) is 0 Å². The molecule has 1 aliphatic rings. The van der Waals surface area contributed by atoms with Gasteiger partial charge in [-0.15, -0.1) is 0 Å². The smallest absolute Gasteiger partial charge is 0.0880 e. The van der Waals surface area contributed by atoms with Crippen LogP contribution in [0.15, 0.2) is 28.7 Å². The number of morpholine rings is 1. The maximum atomic E-state index is 10.5. The highest BCUT2D eigenvalue weighted by molar-refractivity contribution is 9.10. The van der Waals surface area contributed by atoms with E-state index in [1.165, 1.54) is 0 Å². The molecule has 0 aromatic heterocycles. The molecule has 0 saturated carbocycles. The van der Waals surface area contributed by atoms with Gasteiger partial charge in [-0.25, -0.2) is 0 Å². The molecule has 1 heterocycles. The lowest BCUT2D eigenvalue weighted by atomic mass is 9.92.